The van der Waals surface area contributed by atoms with Crippen molar-refractivity contribution < 1.29 is 8.42 Å². The van der Waals surface area contributed by atoms with Crippen LogP contribution in [0.5, 0.6) is 0 Å². The molecule has 104 valence electrons. The molecule has 4 nitrogen and oxygen atoms in total. The van der Waals surface area contributed by atoms with Crippen LogP contribution in [-0.4, -0.2) is 25.3 Å². The zero-order valence-corrected chi connectivity index (χ0v) is 14.1. The highest BCUT2D eigenvalue weighted by atomic mass is 79.9. The lowest BCUT2D eigenvalue weighted by atomic mass is 10.1. The van der Waals surface area contributed by atoms with E-state index in [0.29, 0.717) is 27.1 Å². The first kappa shape index (κ1) is 13.9. The first-order chi connectivity index (χ1) is 8.89. The molecule has 0 radical (unpaired) electrons. The number of hydrogen-bond donors (Lipinski definition) is 1. The zero-order valence-electron chi connectivity index (χ0n) is 10.1. The van der Waals surface area contributed by atoms with Crippen molar-refractivity contribution in [2.45, 2.75) is 30.2 Å². The standard InChI is InChI=1S/C12H14Br2N2O2S/c13-10-4-8(15)5-11(14)12(10)19(17,18)16-6-7-1-2-9(16)3-7/h4-5,7,9H,1-3,6,15H2. The molecule has 1 aromatic carbocycles. The van der Waals surface area contributed by atoms with Crippen molar-refractivity contribution in [2.75, 3.05) is 12.3 Å². The Morgan fingerprint density at radius 2 is 1.84 bits per heavy atom. The predicted molar refractivity (Wildman–Crippen MR) is 81.3 cm³/mol. The van der Waals surface area contributed by atoms with E-state index >= 15 is 0 Å². The van der Waals surface area contributed by atoms with Gasteiger partial charge in [0.15, 0.2) is 0 Å². The van der Waals surface area contributed by atoms with Crippen LogP contribution in [0.15, 0.2) is 26.0 Å². The molecule has 2 unspecified atom stereocenters. The maximum Gasteiger partial charge on any atom is 0.245 e. The lowest BCUT2D eigenvalue weighted by Gasteiger charge is -2.27. The quantitative estimate of drug-likeness (QED) is 0.763. The molecule has 1 aromatic rings. The third kappa shape index (κ3) is 2.24. The Balaban J connectivity index is 2.06. The maximum atomic E-state index is 12.8. The van der Waals surface area contributed by atoms with Gasteiger partial charge in [-0.1, -0.05) is 0 Å². The smallest absolute Gasteiger partial charge is 0.245 e. The van der Waals surface area contributed by atoms with E-state index in [4.69, 9.17) is 5.73 Å². The van der Waals surface area contributed by atoms with Gasteiger partial charge in [0.2, 0.25) is 10.0 Å². The van der Waals surface area contributed by atoms with Gasteiger partial charge >= 0.3 is 0 Å². The van der Waals surface area contributed by atoms with E-state index in [0.717, 1.165) is 19.3 Å². The molecule has 0 aromatic heterocycles. The number of nitrogens with zero attached hydrogens (tertiary/aromatic N) is 1. The molecule has 1 aliphatic carbocycles. The van der Waals surface area contributed by atoms with Crippen LogP contribution in [0.25, 0.3) is 0 Å². The highest BCUT2D eigenvalue weighted by Crippen LogP contribution is 2.43. The summed E-state index contributed by atoms with van der Waals surface area (Å²) in [6.07, 6.45) is 3.14. The van der Waals surface area contributed by atoms with Crippen molar-refractivity contribution >= 4 is 47.6 Å². The minimum atomic E-state index is -3.46. The molecular formula is C12H14Br2N2O2S. The Morgan fingerprint density at radius 1 is 1.21 bits per heavy atom. The summed E-state index contributed by atoms with van der Waals surface area (Å²) in [4.78, 5) is 0.286. The van der Waals surface area contributed by atoms with Crippen LogP contribution in [0.1, 0.15) is 19.3 Å². The summed E-state index contributed by atoms with van der Waals surface area (Å²) in [6, 6.07) is 3.43. The minimum absolute atomic E-state index is 0.173. The molecule has 1 heterocycles. The van der Waals surface area contributed by atoms with Crippen molar-refractivity contribution in [1.82, 2.24) is 4.31 Å². The fourth-order valence-electron chi connectivity index (χ4n) is 3.12. The van der Waals surface area contributed by atoms with Gasteiger partial charge in [-0.3, -0.25) is 0 Å². The van der Waals surface area contributed by atoms with Gasteiger partial charge in [0, 0.05) is 27.2 Å². The SMILES string of the molecule is Nc1cc(Br)c(S(=O)(=O)N2CC3CCC2C3)c(Br)c1. The number of hydrogen-bond acceptors (Lipinski definition) is 3. The molecule has 2 fully saturated rings. The molecule has 0 amide bonds. The largest absolute Gasteiger partial charge is 0.399 e. The second kappa shape index (κ2) is 4.72. The third-order valence-corrected chi connectivity index (χ3v) is 7.74. The van der Waals surface area contributed by atoms with E-state index in [9.17, 15) is 8.42 Å². The third-order valence-electron chi connectivity index (χ3n) is 3.95. The molecule has 3 rings (SSSR count). The van der Waals surface area contributed by atoms with Gasteiger partial charge in [0.1, 0.15) is 4.90 Å². The van der Waals surface area contributed by atoms with Crippen molar-refractivity contribution in [3.63, 3.8) is 0 Å². The van der Waals surface area contributed by atoms with Crippen molar-refractivity contribution in [3.8, 4) is 0 Å². The molecule has 0 spiro atoms. The lowest BCUT2D eigenvalue weighted by molar-refractivity contribution is 0.333. The minimum Gasteiger partial charge on any atom is -0.399 e. The summed E-state index contributed by atoms with van der Waals surface area (Å²) < 4.78 is 28.3. The van der Waals surface area contributed by atoms with Crippen LogP contribution in [0.2, 0.25) is 0 Å². The highest BCUT2D eigenvalue weighted by molar-refractivity contribution is 9.11. The molecular weight excluding hydrogens is 396 g/mol. The molecule has 1 saturated carbocycles. The van der Waals surface area contributed by atoms with E-state index in [1.807, 2.05) is 0 Å². The first-order valence-corrected chi connectivity index (χ1v) is 9.18. The fourth-order valence-corrected chi connectivity index (χ4v) is 7.40. The Kier molecular flexibility index (Phi) is 3.44. The molecule has 19 heavy (non-hydrogen) atoms. The Labute approximate surface area is 129 Å². The summed E-state index contributed by atoms with van der Waals surface area (Å²) in [5, 5.41) is 0. The van der Waals surface area contributed by atoms with Gasteiger partial charge in [0.05, 0.1) is 0 Å². The predicted octanol–water partition coefficient (Wildman–Crippen LogP) is 2.97. The van der Waals surface area contributed by atoms with Crippen LogP contribution in [0, 0.1) is 5.92 Å². The molecule has 2 aliphatic rings. The number of nitrogens with two attached hydrogens (primary N) is 1. The summed E-state index contributed by atoms with van der Waals surface area (Å²) in [5.41, 5.74) is 6.25. The number of anilines is 1. The Hall–Kier alpha value is -0.110. The second-order valence-corrected chi connectivity index (χ2v) is 8.76. The van der Waals surface area contributed by atoms with Gasteiger partial charge in [-0.05, 0) is 69.2 Å². The van der Waals surface area contributed by atoms with Crippen LogP contribution < -0.4 is 5.73 Å². The number of sulfonamides is 1. The average Bonchev–Trinajstić information content (AvgIpc) is 2.88. The first-order valence-electron chi connectivity index (χ1n) is 6.16. The van der Waals surface area contributed by atoms with Crippen molar-refractivity contribution in [1.29, 1.82) is 0 Å². The normalized spacial score (nSPS) is 27.1. The summed E-state index contributed by atoms with van der Waals surface area (Å²) in [7, 11) is -3.46. The van der Waals surface area contributed by atoms with E-state index in [-0.39, 0.29) is 10.9 Å². The van der Waals surface area contributed by atoms with E-state index in [1.165, 1.54) is 0 Å². The number of benzene rings is 1. The van der Waals surface area contributed by atoms with Crippen LogP contribution in [-0.2, 0) is 10.0 Å². The Morgan fingerprint density at radius 3 is 2.32 bits per heavy atom. The summed E-state index contributed by atoms with van der Waals surface area (Å²) in [5.74, 6) is 0.533. The van der Waals surface area contributed by atoms with Gasteiger partial charge in [-0.2, -0.15) is 4.31 Å². The summed E-state index contributed by atoms with van der Waals surface area (Å²) >= 11 is 6.64. The second-order valence-electron chi connectivity index (χ2n) is 5.22. The fraction of sp³-hybridized carbons (Fsp3) is 0.500. The molecule has 2 bridgehead atoms. The topological polar surface area (TPSA) is 63.4 Å². The monoisotopic (exact) mass is 408 g/mol. The van der Waals surface area contributed by atoms with Crippen LogP contribution in [0.4, 0.5) is 5.69 Å². The van der Waals surface area contributed by atoms with Gasteiger partial charge in [-0.25, -0.2) is 8.42 Å². The number of nitrogen functional groups attached to an aromatic ring is 1. The van der Waals surface area contributed by atoms with Crippen molar-refractivity contribution in [2.24, 2.45) is 5.92 Å². The number of rotatable bonds is 2. The molecule has 2 N–H and O–H groups in total. The summed E-state index contributed by atoms with van der Waals surface area (Å²) in [6.45, 7) is 0.649. The zero-order chi connectivity index (χ0) is 13.8. The number of piperidine rings is 1. The van der Waals surface area contributed by atoms with Gasteiger partial charge in [-0.15, -0.1) is 0 Å². The van der Waals surface area contributed by atoms with Gasteiger partial charge in [0.25, 0.3) is 0 Å². The number of fused-ring (bicyclic) bond motifs is 2. The van der Waals surface area contributed by atoms with E-state index < -0.39 is 10.0 Å². The molecule has 1 saturated heterocycles. The maximum absolute atomic E-state index is 12.8. The molecule has 1 aliphatic heterocycles. The van der Waals surface area contributed by atoms with E-state index in [2.05, 4.69) is 31.9 Å². The number of halogens is 2. The van der Waals surface area contributed by atoms with Crippen molar-refractivity contribution in [3.05, 3.63) is 21.1 Å². The highest BCUT2D eigenvalue weighted by Gasteiger charge is 2.45. The van der Waals surface area contributed by atoms with E-state index in [1.54, 1.807) is 16.4 Å². The molecule has 2 atom stereocenters. The Bertz CT molecular complexity index is 610. The van der Waals surface area contributed by atoms with Crippen LogP contribution in [0.3, 0.4) is 0 Å². The average molecular weight is 410 g/mol. The molecule has 7 heteroatoms. The lowest BCUT2D eigenvalue weighted by Crippen LogP contribution is -2.37. The van der Waals surface area contributed by atoms with Gasteiger partial charge < -0.3 is 5.73 Å². The van der Waals surface area contributed by atoms with Crippen LogP contribution >= 0.6 is 31.9 Å².